The van der Waals surface area contributed by atoms with Crippen LogP contribution >= 0.6 is 11.3 Å². The normalized spacial score (nSPS) is 13.3. The maximum absolute atomic E-state index is 11.6. The molecular weight excluding hydrogens is 290 g/mol. The molecule has 0 aliphatic carbocycles. The molecule has 0 aliphatic heterocycles. The summed E-state index contributed by atoms with van der Waals surface area (Å²) in [6, 6.07) is 11.0. The van der Waals surface area contributed by atoms with Crippen molar-refractivity contribution in [2.24, 2.45) is 5.73 Å². The van der Waals surface area contributed by atoms with Crippen molar-refractivity contribution in [3.8, 4) is 0 Å². The Morgan fingerprint density at radius 2 is 1.90 bits per heavy atom. The van der Waals surface area contributed by atoms with E-state index in [-0.39, 0.29) is 6.04 Å². The van der Waals surface area contributed by atoms with Crippen molar-refractivity contribution in [3.63, 3.8) is 0 Å². The maximum atomic E-state index is 11.6. The van der Waals surface area contributed by atoms with Crippen LogP contribution in [0.2, 0.25) is 0 Å². The lowest BCUT2D eigenvalue weighted by atomic mass is 10.0. The lowest BCUT2D eigenvalue weighted by Gasteiger charge is -2.12. The minimum Gasteiger partial charge on any atom is -0.324 e. The fourth-order valence-electron chi connectivity index (χ4n) is 2.03. The van der Waals surface area contributed by atoms with Gasteiger partial charge >= 0.3 is 0 Å². The van der Waals surface area contributed by atoms with Crippen LogP contribution in [0.25, 0.3) is 0 Å². The first kappa shape index (κ1) is 15.2. The van der Waals surface area contributed by atoms with Gasteiger partial charge in [0.25, 0.3) is 0 Å². The van der Waals surface area contributed by atoms with Gasteiger partial charge in [-0.05, 0) is 36.2 Å². The molecule has 0 saturated heterocycles. The summed E-state index contributed by atoms with van der Waals surface area (Å²) in [5.74, 6) is 0. The van der Waals surface area contributed by atoms with Gasteiger partial charge in [0.15, 0.2) is 9.84 Å². The first-order valence-electron chi connectivity index (χ1n) is 6.53. The van der Waals surface area contributed by atoms with E-state index in [4.69, 9.17) is 5.73 Å². The van der Waals surface area contributed by atoms with Crippen molar-refractivity contribution < 1.29 is 8.42 Å². The highest BCUT2D eigenvalue weighted by Gasteiger charge is 2.12. The van der Waals surface area contributed by atoms with Gasteiger partial charge < -0.3 is 5.73 Å². The lowest BCUT2D eigenvalue weighted by Crippen LogP contribution is -2.13. The highest BCUT2D eigenvalue weighted by Crippen LogP contribution is 2.24. The second-order valence-electron chi connectivity index (χ2n) is 4.88. The minimum atomic E-state index is -3.18. The van der Waals surface area contributed by atoms with Crippen molar-refractivity contribution in [3.05, 3.63) is 51.7 Å². The predicted molar refractivity (Wildman–Crippen MR) is 83.9 cm³/mol. The molecule has 1 atom stereocenters. The van der Waals surface area contributed by atoms with Gasteiger partial charge in [0.1, 0.15) is 0 Å². The van der Waals surface area contributed by atoms with Gasteiger partial charge in [-0.15, -0.1) is 11.3 Å². The third-order valence-corrected chi connectivity index (χ3v) is 5.56. The van der Waals surface area contributed by atoms with E-state index in [0.29, 0.717) is 4.90 Å². The molecule has 0 aliphatic rings. The summed E-state index contributed by atoms with van der Waals surface area (Å²) in [5.41, 5.74) is 7.06. The number of nitrogens with two attached hydrogens (primary N) is 1. The number of hydrogen-bond acceptors (Lipinski definition) is 4. The van der Waals surface area contributed by atoms with Crippen LogP contribution in [0.1, 0.15) is 28.3 Å². The number of sulfone groups is 1. The standard InChI is InChI=1S/C15H19NO2S2/c1-3-12-7-8-13(19-12)10-15(16)11-5-4-6-14(9-11)20(2,17)18/h4-9,15H,3,10,16H2,1-2H3. The fraction of sp³-hybridized carbons (Fsp3) is 0.333. The summed E-state index contributed by atoms with van der Waals surface area (Å²) in [5, 5.41) is 0. The Morgan fingerprint density at radius 3 is 2.50 bits per heavy atom. The van der Waals surface area contributed by atoms with E-state index in [1.165, 1.54) is 16.0 Å². The molecule has 0 saturated carbocycles. The van der Waals surface area contributed by atoms with Crippen LogP contribution in [-0.4, -0.2) is 14.7 Å². The van der Waals surface area contributed by atoms with E-state index in [0.717, 1.165) is 18.4 Å². The van der Waals surface area contributed by atoms with Crippen LogP contribution in [-0.2, 0) is 22.7 Å². The van der Waals surface area contributed by atoms with E-state index in [2.05, 4.69) is 19.1 Å². The molecule has 0 radical (unpaired) electrons. The van der Waals surface area contributed by atoms with E-state index in [1.54, 1.807) is 29.5 Å². The Labute approximate surface area is 124 Å². The highest BCUT2D eigenvalue weighted by atomic mass is 32.2. The van der Waals surface area contributed by atoms with Crippen molar-refractivity contribution in [1.29, 1.82) is 0 Å². The Kier molecular flexibility index (Phi) is 4.62. The SMILES string of the molecule is CCc1ccc(CC(N)c2cccc(S(C)(=O)=O)c2)s1. The minimum absolute atomic E-state index is 0.181. The third kappa shape index (κ3) is 3.69. The molecule has 108 valence electrons. The topological polar surface area (TPSA) is 60.2 Å². The van der Waals surface area contributed by atoms with Crippen molar-refractivity contribution >= 4 is 21.2 Å². The van der Waals surface area contributed by atoms with E-state index in [1.807, 2.05) is 6.07 Å². The van der Waals surface area contributed by atoms with Crippen LogP contribution in [0.3, 0.4) is 0 Å². The summed E-state index contributed by atoms with van der Waals surface area (Å²) in [6.45, 7) is 2.13. The Morgan fingerprint density at radius 1 is 1.20 bits per heavy atom. The zero-order valence-corrected chi connectivity index (χ0v) is 13.3. The Hall–Kier alpha value is -1.17. The van der Waals surface area contributed by atoms with E-state index >= 15 is 0 Å². The molecule has 1 aromatic heterocycles. The average molecular weight is 309 g/mol. The van der Waals surface area contributed by atoms with Crippen LogP contribution in [0.5, 0.6) is 0 Å². The molecule has 2 aromatic rings. The molecule has 3 nitrogen and oxygen atoms in total. The average Bonchev–Trinajstić information content (AvgIpc) is 2.85. The number of aryl methyl sites for hydroxylation is 1. The van der Waals surface area contributed by atoms with Crippen LogP contribution in [0.15, 0.2) is 41.3 Å². The summed E-state index contributed by atoms with van der Waals surface area (Å²) >= 11 is 1.77. The van der Waals surface area contributed by atoms with Gasteiger partial charge in [0, 0.05) is 28.5 Å². The molecule has 1 heterocycles. The van der Waals surface area contributed by atoms with E-state index in [9.17, 15) is 8.42 Å². The van der Waals surface area contributed by atoms with Crippen LogP contribution in [0.4, 0.5) is 0 Å². The summed E-state index contributed by atoms with van der Waals surface area (Å²) in [4.78, 5) is 2.90. The van der Waals surface area contributed by atoms with Crippen LogP contribution in [0, 0.1) is 0 Å². The van der Waals surface area contributed by atoms with Crippen LogP contribution < -0.4 is 5.73 Å². The van der Waals surface area contributed by atoms with Gasteiger partial charge in [0.05, 0.1) is 4.90 Å². The molecule has 2 N–H and O–H groups in total. The van der Waals surface area contributed by atoms with E-state index < -0.39 is 9.84 Å². The van der Waals surface area contributed by atoms with Crippen molar-refractivity contribution in [2.45, 2.75) is 30.7 Å². The maximum Gasteiger partial charge on any atom is 0.175 e. The number of hydrogen-bond donors (Lipinski definition) is 1. The third-order valence-electron chi connectivity index (χ3n) is 3.20. The van der Waals surface area contributed by atoms with Crippen molar-refractivity contribution in [1.82, 2.24) is 0 Å². The molecule has 0 amide bonds. The lowest BCUT2D eigenvalue weighted by molar-refractivity contribution is 0.601. The first-order valence-corrected chi connectivity index (χ1v) is 9.24. The Balaban J connectivity index is 2.19. The van der Waals surface area contributed by atoms with Gasteiger partial charge in [-0.3, -0.25) is 0 Å². The summed E-state index contributed by atoms with van der Waals surface area (Å²) in [7, 11) is -3.18. The monoisotopic (exact) mass is 309 g/mol. The van der Waals surface area contributed by atoms with Gasteiger partial charge in [-0.2, -0.15) is 0 Å². The van der Waals surface area contributed by atoms with Gasteiger partial charge in [-0.1, -0.05) is 19.1 Å². The van der Waals surface area contributed by atoms with Crippen molar-refractivity contribution in [2.75, 3.05) is 6.26 Å². The van der Waals surface area contributed by atoms with Gasteiger partial charge in [0.2, 0.25) is 0 Å². The molecule has 1 aromatic carbocycles. The Bertz CT molecular complexity index is 689. The molecule has 2 rings (SSSR count). The first-order chi connectivity index (χ1) is 9.40. The second-order valence-corrected chi connectivity index (χ2v) is 8.15. The molecule has 1 unspecified atom stereocenters. The molecule has 0 bridgehead atoms. The molecule has 5 heteroatoms. The molecule has 0 fully saturated rings. The summed E-state index contributed by atoms with van der Waals surface area (Å²) < 4.78 is 23.1. The highest BCUT2D eigenvalue weighted by molar-refractivity contribution is 7.90. The molecular formula is C15H19NO2S2. The predicted octanol–water partition coefficient (Wildman–Crippen LogP) is 2.96. The second kappa shape index (κ2) is 6.08. The molecule has 0 spiro atoms. The number of benzene rings is 1. The largest absolute Gasteiger partial charge is 0.324 e. The number of rotatable bonds is 5. The smallest absolute Gasteiger partial charge is 0.175 e. The quantitative estimate of drug-likeness (QED) is 0.923. The zero-order valence-electron chi connectivity index (χ0n) is 11.7. The zero-order chi connectivity index (χ0) is 14.8. The number of thiophene rings is 1. The fourth-order valence-corrected chi connectivity index (χ4v) is 3.72. The molecule has 20 heavy (non-hydrogen) atoms. The summed E-state index contributed by atoms with van der Waals surface area (Å²) in [6.07, 6.45) is 2.98. The van der Waals surface area contributed by atoms with Gasteiger partial charge in [-0.25, -0.2) is 8.42 Å².